The number of nitrogens with zero attached hydrogens (tertiary/aromatic N) is 4. The number of tetrazole rings is 1. The van der Waals surface area contributed by atoms with E-state index >= 15 is 0 Å². The van der Waals surface area contributed by atoms with Gasteiger partial charge in [0.25, 0.3) is 0 Å². The predicted octanol–water partition coefficient (Wildman–Crippen LogP) is 0.325. The van der Waals surface area contributed by atoms with Crippen LogP contribution in [-0.2, 0) is 9.59 Å². The van der Waals surface area contributed by atoms with Crippen molar-refractivity contribution in [3.8, 4) is 0 Å². The summed E-state index contributed by atoms with van der Waals surface area (Å²) in [6, 6.07) is -0.527. The van der Waals surface area contributed by atoms with E-state index in [2.05, 4.69) is 20.8 Å². The average Bonchev–Trinajstić information content (AvgIpc) is 3.12. The van der Waals surface area contributed by atoms with E-state index < -0.39 is 12.0 Å². The summed E-state index contributed by atoms with van der Waals surface area (Å²) < 4.78 is 1.72. The van der Waals surface area contributed by atoms with Gasteiger partial charge < -0.3 is 10.4 Å². The molecule has 20 heavy (non-hydrogen) atoms. The average molecular weight is 299 g/mol. The lowest BCUT2D eigenvalue weighted by Gasteiger charge is -2.17. The smallest absolute Gasteiger partial charge is 0.326 e. The van der Waals surface area contributed by atoms with Crippen LogP contribution in [0.25, 0.3) is 0 Å². The Morgan fingerprint density at radius 3 is 2.75 bits per heavy atom. The molecule has 1 aliphatic carbocycles. The third-order valence-corrected chi connectivity index (χ3v) is 3.87. The Labute approximate surface area is 120 Å². The molecule has 0 aliphatic heterocycles. The number of amides is 1. The number of thioether (sulfide) groups is 1. The minimum absolute atomic E-state index is 0.101. The van der Waals surface area contributed by atoms with Gasteiger partial charge in [-0.2, -0.15) is 0 Å². The first kappa shape index (κ1) is 14.8. The van der Waals surface area contributed by atoms with E-state index in [-0.39, 0.29) is 17.6 Å². The molecule has 2 N–H and O–H groups in total. The summed E-state index contributed by atoms with van der Waals surface area (Å²) in [6.07, 6.45) is 2.11. The molecular weight excluding hydrogens is 282 g/mol. The minimum Gasteiger partial charge on any atom is -0.480 e. The zero-order chi connectivity index (χ0) is 14.7. The van der Waals surface area contributed by atoms with Crippen molar-refractivity contribution >= 4 is 23.6 Å². The van der Waals surface area contributed by atoms with E-state index in [0.717, 1.165) is 12.8 Å². The third kappa shape index (κ3) is 3.69. The van der Waals surface area contributed by atoms with Gasteiger partial charge in [0.1, 0.15) is 6.04 Å². The van der Waals surface area contributed by atoms with E-state index in [9.17, 15) is 9.59 Å². The highest BCUT2D eigenvalue weighted by Gasteiger charge is 2.28. The minimum atomic E-state index is -1.03. The van der Waals surface area contributed by atoms with Gasteiger partial charge in [0, 0.05) is 0 Å². The quantitative estimate of drug-likeness (QED) is 0.698. The van der Waals surface area contributed by atoms with E-state index in [1.165, 1.54) is 11.8 Å². The summed E-state index contributed by atoms with van der Waals surface area (Å²) in [5.41, 5.74) is 0. The van der Waals surface area contributed by atoms with Crippen LogP contribution in [0.1, 0.15) is 32.7 Å². The summed E-state index contributed by atoms with van der Waals surface area (Å²) >= 11 is 1.22. The fourth-order valence-corrected chi connectivity index (χ4v) is 2.44. The molecule has 1 aliphatic rings. The Bertz CT molecular complexity index is 500. The molecule has 1 aromatic rings. The molecular formula is C11H17N5O3S. The van der Waals surface area contributed by atoms with Crippen molar-refractivity contribution in [2.45, 2.75) is 43.9 Å². The molecule has 2 rings (SSSR count). The topological polar surface area (TPSA) is 110 Å². The van der Waals surface area contributed by atoms with Crippen molar-refractivity contribution in [2.75, 3.05) is 5.75 Å². The SMILES string of the molecule is CC(C)[C@@H](NC(=O)CSc1nnnn1C1CC1)C(=O)O. The van der Waals surface area contributed by atoms with E-state index in [1.807, 2.05) is 0 Å². The van der Waals surface area contributed by atoms with E-state index in [1.54, 1.807) is 18.5 Å². The zero-order valence-electron chi connectivity index (χ0n) is 11.3. The number of carbonyl (C=O) groups excluding carboxylic acids is 1. The molecule has 1 amide bonds. The number of hydrogen-bond donors (Lipinski definition) is 2. The summed E-state index contributed by atoms with van der Waals surface area (Å²) in [4.78, 5) is 22.8. The first-order chi connectivity index (χ1) is 9.49. The number of nitrogens with one attached hydrogen (secondary N) is 1. The Kier molecular flexibility index (Phi) is 4.58. The lowest BCUT2D eigenvalue weighted by molar-refractivity contribution is -0.142. The highest BCUT2D eigenvalue weighted by molar-refractivity contribution is 7.99. The monoisotopic (exact) mass is 299 g/mol. The van der Waals surface area contributed by atoms with Crippen molar-refractivity contribution in [2.24, 2.45) is 5.92 Å². The van der Waals surface area contributed by atoms with Gasteiger partial charge in [-0.3, -0.25) is 4.79 Å². The summed E-state index contributed by atoms with van der Waals surface area (Å²) in [7, 11) is 0. The predicted molar refractivity (Wildman–Crippen MR) is 71.2 cm³/mol. The number of carboxylic acids is 1. The molecule has 0 bridgehead atoms. The van der Waals surface area contributed by atoms with Gasteiger partial charge in [0.05, 0.1) is 11.8 Å². The van der Waals surface area contributed by atoms with E-state index in [0.29, 0.717) is 11.2 Å². The number of aliphatic carboxylic acids is 1. The molecule has 0 unspecified atom stereocenters. The fraction of sp³-hybridized carbons (Fsp3) is 0.727. The maximum absolute atomic E-state index is 11.8. The van der Waals surface area contributed by atoms with Crippen LogP contribution in [0.4, 0.5) is 0 Å². The molecule has 1 atom stereocenters. The first-order valence-corrected chi connectivity index (χ1v) is 7.40. The second-order valence-electron chi connectivity index (χ2n) is 5.05. The molecule has 9 heteroatoms. The molecule has 1 heterocycles. The molecule has 0 spiro atoms. The lowest BCUT2D eigenvalue weighted by Crippen LogP contribution is -2.45. The number of aromatic nitrogens is 4. The largest absolute Gasteiger partial charge is 0.480 e. The molecule has 0 saturated heterocycles. The Morgan fingerprint density at radius 2 is 2.20 bits per heavy atom. The summed E-state index contributed by atoms with van der Waals surface area (Å²) in [5, 5.41) is 23.5. The van der Waals surface area contributed by atoms with Gasteiger partial charge in [-0.1, -0.05) is 25.6 Å². The van der Waals surface area contributed by atoms with Crippen LogP contribution in [0.3, 0.4) is 0 Å². The number of carbonyl (C=O) groups is 2. The van der Waals surface area contributed by atoms with Crippen molar-refractivity contribution in [1.82, 2.24) is 25.5 Å². The first-order valence-electron chi connectivity index (χ1n) is 6.42. The summed E-state index contributed by atoms with van der Waals surface area (Å²) in [5.74, 6) is -1.43. The van der Waals surface area contributed by atoms with Crippen LogP contribution in [0.2, 0.25) is 0 Å². The van der Waals surface area contributed by atoms with Crippen molar-refractivity contribution < 1.29 is 14.7 Å². The molecule has 1 aromatic heterocycles. The molecule has 8 nitrogen and oxygen atoms in total. The second-order valence-corrected chi connectivity index (χ2v) is 6.00. The van der Waals surface area contributed by atoms with Gasteiger partial charge in [-0.05, 0) is 29.2 Å². The summed E-state index contributed by atoms with van der Waals surface area (Å²) in [6.45, 7) is 3.50. The number of carboxylic acid groups (broad SMARTS) is 1. The maximum Gasteiger partial charge on any atom is 0.326 e. The van der Waals surface area contributed by atoms with Crippen molar-refractivity contribution in [3.63, 3.8) is 0 Å². The Morgan fingerprint density at radius 1 is 1.50 bits per heavy atom. The van der Waals surface area contributed by atoms with Gasteiger partial charge in [-0.25, -0.2) is 9.48 Å². The van der Waals surface area contributed by atoms with Gasteiger partial charge in [0.2, 0.25) is 11.1 Å². The van der Waals surface area contributed by atoms with Gasteiger partial charge in [0.15, 0.2) is 0 Å². The van der Waals surface area contributed by atoms with Gasteiger partial charge in [-0.15, -0.1) is 5.10 Å². The Balaban J connectivity index is 1.85. The molecule has 1 fully saturated rings. The van der Waals surface area contributed by atoms with Crippen molar-refractivity contribution in [3.05, 3.63) is 0 Å². The molecule has 1 saturated carbocycles. The van der Waals surface area contributed by atoms with Crippen LogP contribution in [-0.4, -0.2) is 49.0 Å². The van der Waals surface area contributed by atoms with Crippen LogP contribution < -0.4 is 5.32 Å². The zero-order valence-corrected chi connectivity index (χ0v) is 12.1. The van der Waals surface area contributed by atoms with Crippen LogP contribution >= 0.6 is 11.8 Å². The fourth-order valence-electron chi connectivity index (χ4n) is 1.69. The standard InChI is InChI=1S/C11H17N5O3S/c1-6(2)9(10(18)19)12-8(17)5-20-11-13-14-15-16(11)7-3-4-7/h6-7,9H,3-5H2,1-2H3,(H,12,17)(H,18,19)/t9-/m1/s1. The second kappa shape index (κ2) is 6.21. The third-order valence-electron chi connectivity index (χ3n) is 2.94. The number of hydrogen-bond acceptors (Lipinski definition) is 6. The van der Waals surface area contributed by atoms with E-state index in [4.69, 9.17) is 5.11 Å². The highest BCUT2D eigenvalue weighted by Crippen LogP contribution is 2.36. The molecule has 0 radical (unpaired) electrons. The van der Waals surface area contributed by atoms with Gasteiger partial charge >= 0.3 is 5.97 Å². The Hall–Kier alpha value is -1.64. The van der Waals surface area contributed by atoms with Crippen molar-refractivity contribution in [1.29, 1.82) is 0 Å². The molecule has 0 aromatic carbocycles. The highest BCUT2D eigenvalue weighted by atomic mass is 32.2. The normalized spacial score (nSPS) is 16.1. The molecule has 110 valence electrons. The van der Waals surface area contributed by atoms with Crippen LogP contribution in [0, 0.1) is 5.92 Å². The maximum atomic E-state index is 11.8. The van der Waals surface area contributed by atoms with Crippen LogP contribution in [0.15, 0.2) is 5.16 Å². The number of rotatable bonds is 7. The lowest BCUT2D eigenvalue weighted by atomic mass is 10.1. The van der Waals surface area contributed by atoms with Crippen LogP contribution in [0.5, 0.6) is 0 Å².